The first-order valence-electron chi connectivity index (χ1n) is 7.28. The minimum Gasteiger partial charge on any atom is -0.496 e. The van der Waals surface area contributed by atoms with E-state index >= 15 is 0 Å². The average Bonchev–Trinajstić information content (AvgIpc) is 2.56. The molecule has 0 radical (unpaired) electrons. The Kier molecular flexibility index (Phi) is 5.62. The minimum absolute atomic E-state index is 0.00950. The van der Waals surface area contributed by atoms with Crippen molar-refractivity contribution in [3.63, 3.8) is 0 Å². The van der Waals surface area contributed by atoms with Crippen LogP contribution in [0.3, 0.4) is 0 Å². The van der Waals surface area contributed by atoms with Crippen LogP contribution in [0.4, 0.5) is 5.69 Å². The number of nitrogens with one attached hydrogen (secondary N) is 1. The molecule has 0 aliphatic rings. The van der Waals surface area contributed by atoms with E-state index in [-0.39, 0.29) is 5.57 Å². The highest BCUT2D eigenvalue weighted by Gasteiger charge is 2.11. The highest BCUT2D eigenvalue weighted by molar-refractivity contribution is 6.30. The van der Waals surface area contributed by atoms with E-state index in [1.54, 1.807) is 31.4 Å². The number of amides is 1. The van der Waals surface area contributed by atoms with Gasteiger partial charge in [-0.2, -0.15) is 5.26 Å². The summed E-state index contributed by atoms with van der Waals surface area (Å²) in [6.45, 7) is 3.76. The molecule has 4 nitrogen and oxygen atoms in total. The smallest absolute Gasteiger partial charge is 0.266 e. The van der Waals surface area contributed by atoms with E-state index in [0.29, 0.717) is 16.5 Å². The first-order valence-corrected chi connectivity index (χ1v) is 7.66. The molecule has 2 rings (SSSR count). The zero-order valence-electron chi connectivity index (χ0n) is 13.7. The zero-order chi connectivity index (χ0) is 17.7. The lowest BCUT2D eigenvalue weighted by atomic mass is 10.1. The summed E-state index contributed by atoms with van der Waals surface area (Å²) in [4.78, 5) is 12.3. The zero-order valence-corrected chi connectivity index (χ0v) is 14.4. The number of nitriles is 1. The number of aryl methyl sites for hydroxylation is 2. The molecular weight excluding hydrogens is 324 g/mol. The molecule has 1 amide bonds. The molecule has 0 unspecified atom stereocenters. The predicted octanol–water partition coefficient (Wildman–Crippen LogP) is 4.51. The van der Waals surface area contributed by atoms with Gasteiger partial charge in [0.1, 0.15) is 17.4 Å². The van der Waals surface area contributed by atoms with Crippen LogP contribution in [0, 0.1) is 25.2 Å². The second kappa shape index (κ2) is 7.67. The number of hydrogen-bond acceptors (Lipinski definition) is 3. The van der Waals surface area contributed by atoms with E-state index in [2.05, 4.69) is 5.32 Å². The summed E-state index contributed by atoms with van der Waals surface area (Å²) in [5.41, 5.74) is 3.15. The Hall–Kier alpha value is -2.77. The number of anilines is 1. The van der Waals surface area contributed by atoms with Gasteiger partial charge in [0.05, 0.1) is 7.11 Å². The summed E-state index contributed by atoms with van der Waals surface area (Å²) in [5.74, 6) is 0.234. The summed E-state index contributed by atoms with van der Waals surface area (Å²) in [6, 6.07) is 12.6. The number of ether oxygens (including phenoxy) is 1. The standard InChI is InChI=1S/C19H17ClN2O2/c1-12-4-5-14(10-18(12)24-3)9-15(11-21)19(23)22-17-7-6-16(20)8-13(17)2/h4-10H,1-3H3,(H,22,23)/b15-9+. The molecule has 0 spiro atoms. The molecule has 0 saturated heterocycles. The summed E-state index contributed by atoms with van der Waals surface area (Å²) >= 11 is 5.90. The van der Waals surface area contributed by atoms with Crippen molar-refractivity contribution in [2.45, 2.75) is 13.8 Å². The molecular formula is C19H17ClN2O2. The molecule has 24 heavy (non-hydrogen) atoms. The third kappa shape index (κ3) is 4.15. The van der Waals surface area contributed by atoms with Crippen molar-refractivity contribution >= 4 is 29.3 Å². The highest BCUT2D eigenvalue weighted by Crippen LogP contribution is 2.22. The number of hydrogen-bond donors (Lipinski definition) is 1. The third-order valence-electron chi connectivity index (χ3n) is 3.54. The van der Waals surface area contributed by atoms with E-state index < -0.39 is 5.91 Å². The SMILES string of the molecule is COc1cc(/C=C(\C#N)C(=O)Nc2ccc(Cl)cc2C)ccc1C. The molecule has 0 bridgehead atoms. The summed E-state index contributed by atoms with van der Waals surface area (Å²) in [7, 11) is 1.58. The van der Waals surface area contributed by atoms with E-state index in [1.165, 1.54) is 6.08 Å². The van der Waals surface area contributed by atoms with Crippen LogP contribution < -0.4 is 10.1 Å². The molecule has 0 fully saturated rings. The van der Waals surface area contributed by atoms with Gasteiger partial charge < -0.3 is 10.1 Å². The lowest BCUT2D eigenvalue weighted by Gasteiger charge is -2.08. The van der Waals surface area contributed by atoms with Crippen LogP contribution in [0.2, 0.25) is 5.02 Å². The van der Waals surface area contributed by atoms with Crippen LogP contribution in [0.1, 0.15) is 16.7 Å². The van der Waals surface area contributed by atoms with Crippen molar-refractivity contribution in [1.29, 1.82) is 5.26 Å². The van der Waals surface area contributed by atoms with Gasteiger partial charge in [-0.3, -0.25) is 4.79 Å². The number of rotatable bonds is 4. The lowest BCUT2D eigenvalue weighted by Crippen LogP contribution is -2.14. The Bertz CT molecular complexity index is 851. The van der Waals surface area contributed by atoms with Crippen LogP contribution in [-0.4, -0.2) is 13.0 Å². The second-order valence-electron chi connectivity index (χ2n) is 5.31. The Balaban J connectivity index is 2.27. The summed E-state index contributed by atoms with van der Waals surface area (Å²) in [6.07, 6.45) is 1.53. The van der Waals surface area contributed by atoms with E-state index in [0.717, 1.165) is 16.7 Å². The largest absolute Gasteiger partial charge is 0.496 e. The van der Waals surface area contributed by atoms with E-state index in [9.17, 15) is 10.1 Å². The summed E-state index contributed by atoms with van der Waals surface area (Å²) in [5, 5.41) is 12.6. The fourth-order valence-corrected chi connectivity index (χ4v) is 2.43. The molecule has 0 saturated carbocycles. The molecule has 2 aromatic rings. The number of nitrogens with zero attached hydrogens (tertiary/aromatic N) is 1. The van der Waals surface area contributed by atoms with Crippen LogP contribution in [0.15, 0.2) is 42.0 Å². The maximum absolute atomic E-state index is 12.3. The van der Waals surface area contributed by atoms with Crippen molar-refractivity contribution in [2.24, 2.45) is 0 Å². The van der Waals surface area contributed by atoms with Gasteiger partial charge in [0, 0.05) is 10.7 Å². The van der Waals surface area contributed by atoms with Gasteiger partial charge >= 0.3 is 0 Å². The highest BCUT2D eigenvalue weighted by atomic mass is 35.5. The maximum atomic E-state index is 12.3. The summed E-state index contributed by atoms with van der Waals surface area (Å²) < 4.78 is 5.26. The molecule has 5 heteroatoms. The van der Waals surface area contributed by atoms with E-state index in [4.69, 9.17) is 16.3 Å². The van der Waals surface area contributed by atoms with Crippen LogP contribution in [0.25, 0.3) is 6.08 Å². The first-order chi connectivity index (χ1) is 11.4. The normalized spacial score (nSPS) is 10.9. The van der Waals surface area contributed by atoms with Gasteiger partial charge in [-0.1, -0.05) is 23.7 Å². The third-order valence-corrected chi connectivity index (χ3v) is 3.78. The van der Waals surface area contributed by atoms with Crippen molar-refractivity contribution < 1.29 is 9.53 Å². The van der Waals surface area contributed by atoms with Gasteiger partial charge in [0.15, 0.2) is 0 Å². The van der Waals surface area contributed by atoms with Crippen molar-refractivity contribution in [3.8, 4) is 11.8 Å². The fourth-order valence-electron chi connectivity index (χ4n) is 2.20. The van der Waals surface area contributed by atoms with Gasteiger partial charge in [-0.15, -0.1) is 0 Å². The Morgan fingerprint density at radius 1 is 1.21 bits per heavy atom. The van der Waals surface area contributed by atoms with Gasteiger partial charge in [-0.25, -0.2) is 0 Å². The minimum atomic E-state index is -0.470. The van der Waals surface area contributed by atoms with Gasteiger partial charge in [0.2, 0.25) is 0 Å². The topological polar surface area (TPSA) is 62.1 Å². The lowest BCUT2D eigenvalue weighted by molar-refractivity contribution is -0.112. The number of carbonyl (C=O) groups is 1. The molecule has 0 aliphatic heterocycles. The van der Waals surface area contributed by atoms with Crippen LogP contribution in [-0.2, 0) is 4.79 Å². The Morgan fingerprint density at radius 2 is 1.96 bits per heavy atom. The molecule has 122 valence electrons. The van der Waals surface area contributed by atoms with Crippen molar-refractivity contribution in [2.75, 3.05) is 12.4 Å². The first kappa shape index (κ1) is 17.6. The molecule has 0 aromatic heterocycles. The quantitative estimate of drug-likeness (QED) is 0.658. The van der Waals surface area contributed by atoms with Crippen LogP contribution >= 0.6 is 11.6 Å². The van der Waals surface area contributed by atoms with Crippen molar-refractivity contribution in [1.82, 2.24) is 0 Å². The van der Waals surface area contributed by atoms with Crippen LogP contribution in [0.5, 0.6) is 5.75 Å². The number of methoxy groups -OCH3 is 1. The molecule has 0 heterocycles. The monoisotopic (exact) mass is 340 g/mol. The van der Waals surface area contributed by atoms with Crippen molar-refractivity contribution in [3.05, 3.63) is 63.7 Å². The molecule has 0 aliphatic carbocycles. The predicted molar refractivity (Wildman–Crippen MR) is 96.1 cm³/mol. The van der Waals surface area contributed by atoms with Gasteiger partial charge in [-0.05, 0) is 60.9 Å². The molecule has 0 atom stereocenters. The fraction of sp³-hybridized carbons (Fsp3) is 0.158. The number of halogens is 1. The average molecular weight is 341 g/mol. The Morgan fingerprint density at radius 3 is 2.58 bits per heavy atom. The van der Waals surface area contributed by atoms with Gasteiger partial charge in [0.25, 0.3) is 5.91 Å². The number of benzene rings is 2. The molecule has 2 aromatic carbocycles. The Labute approximate surface area is 146 Å². The van der Waals surface area contributed by atoms with E-state index in [1.807, 2.05) is 32.0 Å². The molecule has 1 N–H and O–H groups in total. The maximum Gasteiger partial charge on any atom is 0.266 e. The second-order valence-corrected chi connectivity index (χ2v) is 5.75. The number of carbonyl (C=O) groups excluding carboxylic acids is 1.